The second-order valence-corrected chi connectivity index (χ2v) is 13.6. The number of carbonyl (C=O) groups is 2. The highest BCUT2D eigenvalue weighted by Crippen LogP contribution is 2.43. The zero-order valence-corrected chi connectivity index (χ0v) is 28.4. The van der Waals surface area contributed by atoms with Gasteiger partial charge >= 0.3 is 19.8 Å². The van der Waals surface area contributed by atoms with Crippen molar-refractivity contribution in [3.05, 3.63) is 12.2 Å². The first-order chi connectivity index (χ1) is 20.0. The van der Waals surface area contributed by atoms with Crippen molar-refractivity contribution in [1.29, 1.82) is 0 Å². The summed E-state index contributed by atoms with van der Waals surface area (Å²) < 4.78 is 33.2. The minimum absolute atomic E-state index is 0.0307. The van der Waals surface area contributed by atoms with Crippen LogP contribution in [0.25, 0.3) is 0 Å². The van der Waals surface area contributed by atoms with Gasteiger partial charge in [-0.1, -0.05) is 96.6 Å². The molecule has 0 aromatic heterocycles. The molecular formula is C32H63NO8P+. The molecule has 0 aromatic rings. The standard InChI is InChI=1S/C32H62NO8P/c1-6-8-9-10-11-12-13-14-15-16-17-18-19-20-21-22-23-24-25-32(35)41-30(28-38-31(34)7-2)29-40-42(36,37)39-27-26-33(3,4)5/h15-16,30H,6-14,17-29H2,1-5H3/p+1/b16-15-. The quantitative estimate of drug-likeness (QED) is 0.0296. The highest BCUT2D eigenvalue weighted by atomic mass is 31.2. The normalized spacial score (nSPS) is 14.1. The smallest absolute Gasteiger partial charge is 0.462 e. The molecule has 0 amide bonds. The molecule has 10 heteroatoms. The highest BCUT2D eigenvalue weighted by Gasteiger charge is 2.26. The zero-order valence-electron chi connectivity index (χ0n) is 27.5. The van der Waals surface area contributed by atoms with Crippen LogP contribution in [0.4, 0.5) is 0 Å². The van der Waals surface area contributed by atoms with E-state index >= 15 is 0 Å². The van der Waals surface area contributed by atoms with E-state index in [0.717, 1.165) is 25.7 Å². The van der Waals surface area contributed by atoms with E-state index in [-0.39, 0.29) is 26.1 Å². The van der Waals surface area contributed by atoms with Crippen LogP contribution in [0.1, 0.15) is 129 Å². The van der Waals surface area contributed by atoms with Crippen molar-refractivity contribution >= 4 is 19.8 Å². The van der Waals surface area contributed by atoms with E-state index in [9.17, 15) is 19.0 Å². The Labute approximate surface area is 256 Å². The second kappa shape index (κ2) is 26.2. The monoisotopic (exact) mass is 620 g/mol. The van der Waals surface area contributed by atoms with Gasteiger partial charge in [-0.15, -0.1) is 0 Å². The molecule has 0 aliphatic carbocycles. The molecule has 42 heavy (non-hydrogen) atoms. The Hall–Kier alpha value is -1.25. The van der Waals surface area contributed by atoms with E-state index in [1.807, 2.05) is 21.1 Å². The van der Waals surface area contributed by atoms with E-state index in [2.05, 4.69) is 19.1 Å². The van der Waals surface area contributed by atoms with E-state index < -0.39 is 32.5 Å². The average molecular weight is 621 g/mol. The van der Waals surface area contributed by atoms with Crippen LogP contribution in [0.3, 0.4) is 0 Å². The number of rotatable bonds is 29. The van der Waals surface area contributed by atoms with E-state index in [1.165, 1.54) is 70.6 Å². The van der Waals surface area contributed by atoms with Crippen molar-refractivity contribution < 1.29 is 42.1 Å². The number of likely N-dealkylation sites (N-methyl/N-ethyl adjacent to an activating group) is 1. The maximum absolute atomic E-state index is 12.4. The van der Waals surface area contributed by atoms with Gasteiger partial charge in [-0.3, -0.25) is 18.6 Å². The fraction of sp³-hybridized carbons (Fsp3) is 0.875. The molecule has 1 N–H and O–H groups in total. The Balaban J connectivity index is 4.02. The minimum atomic E-state index is -4.33. The van der Waals surface area contributed by atoms with Gasteiger partial charge in [0.15, 0.2) is 6.10 Å². The molecule has 0 rings (SSSR count). The molecule has 0 aliphatic rings. The number of phosphoric acid groups is 1. The van der Waals surface area contributed by atoms with E-state index in [0.29, 0.717) is 17.4 Å². The first-order valence-corrected chi connectivity index (χ1v) is 17.9. The van der Waals surface area contributed by atoms with Crippen LogP contribution in [0.15, 0.2) is 12.2 Å². The average Bonchev–Trinajstić information content (AvgIpc) is 2.92. The maximum atomic E-state index is 12.4. The Morgan fingerprint density at radius 3 is 1.79 bits per heavy atom. The number of hydrogen-bond acceptors (Lipinski definition) is 7. The van der Waals surface area contributed by atoms with Gasteiger partial charge in [-0.05, 0) is 32.1 Å². The number of ether oxygens (including phenoxy) is 2. The molecule has 0 heterocycles. The Kier molecular flexibility index (Phi) is 25.4. The van der Waals surface area contributed by atoms with E-state index in [1.54, 1.807) is 6.92 Å². The van der Waals surface area contributed by atoms with Crippen LogP contribution in [0.2, 0.25) is 0 Å². The van der Waals surface area contributed by atoms with Crippen LogP contribution in [0, 0.1) is 0 Å². The second-order valence-electron chi connectivity index (χ2n) is 12.2. The van der Waals surface area contributed by atoms with Crippen LogP contribution < -0.4 is 0 Å². The van der Waals surface area contributed by atoms with Gasteiger partial charge in [0.1, 0.15) is 19.8 Å². The number of nitrogens with zero attached hydrogens (tertiary/aromatic N) is 1. The van der Waals surface area contributed by atoms with Gasteiger partial charge in [0.2, 0.25) is 0 Å². The SMILES string of the molecule is CCCCCCCCC/C=C\CCCCCCCCCC(=O)OC(COC(=O)CC)COP(=O)(O)OCC[N+](C)(C)C. The largest absolute Gasteiger partial charge is 0.472 e. The summed E-state index contributed by atoms with van der Waals surface area (Å²) in [7, 11) is 1.47. The molecule has 0 aliphatic heterocycles. The number of unbranched alkanes of at least 4 members (excludes halogenated alkanes) is 14. The predicted molar refractivity (Wildman–Crippen MR) is 169 cm³/mol. The van der Waals surface area contributed by atoms with Crippen molar-refractivity contribution in [2.24, 2.45) is 0 Å². The summed E-state index contributed by atoms with van der Waals surface area (Å²) in [6, 6.07) is 0. The van der Waals surface area contributed by atoms with Crippen molar-refractivity contribution in [3.63, 3.8) is 0 Å². The van der Waals surface area contributed by atoms with Crippen molar-refractivity contribution in [1.82, 2.24) is 0 Å². The fourth-order valence-electron chi connectivity index (χ4n) is 4.16. The number of hydrogen-bond donors (Lipinski definition) is 1. The minimum Gasteiger partial charge on any atom is -0.462 e. The lowest BCUT2D eigenvalue weighted by molar-refractivity contribution is -0.870. The maximum Gasteiger partial charge on any atom is 0.472 e. The molecule has 0 saturated heterocycles. The zero-order chi connectivity index (χ0) is 31.5. The number of quaternary nitrogens is 1. The third kappa shape index (κ3) is 28.9. The Morgan fingerprint density at radius 1 is 0.738 bits per heavy atom. The molecule has 2 atom stereocenters. The molecule has 0 aromatic carbocycles. The van der Waals surface area contributed by atoms with Crippen LogP contribution >= 0.6 is 7.82 Å². The lowest BCUT2D eigenvalue weighted by Crippen LogP contribution is -2.37. The van der Waals surface area contributed by atoms with Gasteiger partial charge < -0.3 is 18.9 Å². The third-order valence-electron chi connectivity index (χ3n) is 6.85. The van der Waals surface area contributed by atoms with Gasteiger partial charge in [-0.25, -0.2) is 4.57 Å². The van der Waals surface area contributed by atoms with E-state index in [4.69, 9.17) is 18.5 Å². The number of allylic oxidation sites excluding steroid dienone is 2. The number of esters is 2. The lowest BCUT2D eigenvalue weighted by atomic mass is 10.1. The van der Waals surface area contributed by atoms with Crippen LogP contribution in [-0.2, 0) is 32.7 Å². The predicted octanol–water partition coefficient (Wildman–Crippen LogP) is 7.90. The molecule has 248 valence electrons. The molecule has 0 radical (unpaired) electrons. The van der Waals surface area contributed by atoms with Gasteiger partial charge in [0.25, 0.3) is 0 Å². The summed E-state index contributed by atoms with van der Waals surface area (Å²) >= 11 is 0. The van der Waals surface area contributed by atoms with Crippen LogP contribution in [0.5, 0.6) is 0 Å². The summed E-state index contributed by atoms with van der Waals surface area (Å²) in [6.07, 6.45) is 23.5. The summed E-state index contributed by atoms with van der Waals surface area (Å²) in [6.45, 7) is 3.80. The molecule has 9 nitrogen and oxygen atoms in total. The third-order valence-corrected chi connectivity index (χ3v) is 7.83. The molecular weight excluding hydrogens is 557 g/mol. The van der Waals surface area contributed by atoms with Crippen LogP contribution in [-0.4, -0.2) is 74.9 Å². The molecule has 0 bridgehead atoms. The van der Waals surface area contributed by atoms with Gasteiger partial charge in [0.05, 0.1) is 27.7 Å². The lowest BCUT2D eigenvalue weighted by Gasteiger charge is -2.24. The van der Waals surface area contributed by atoms with Gasteiger partial charge in [-0.2, -0.15) is 0 Å². The topological polar surface area (TPSA) is 108 Å². The first kappa shape index (κ1) is 40.8. The van der Waals surface area contributed by atoms with Crippen molar-refractivity contribution in [2.75, 3.05) is 47.5 Å². The molecule has 0 saturated carbocycles. The molecule has 2 unspecified atom stereocenters. The first-order valence-electron chi connectivity index (χ1n) is 16.4. The summed E-state index contributed by atoms with van der Waals surface area (Å²) in [5, 5.41) is 0. The Bertz CT molecular complexity index is 753. The Morgan fingerprint density at radius 2 is 1.26 bits per heavy atom. The summed E-state index contributed by atoms with van der Waals surface area (Å²) in [5.41, 5.74) is 0. The number of phosphoric ester groups is 1. The van der Waals surface area contributed by atoms with Gasteiger partial charge in [0, 0.05) is 12.8 Å². The molecule has 0 spiro atoms. The highest BCUT2D eigenvalue weighted by molar-refractivity contribution is 7.47. The van der Waals surface area contributed by atoms with Crippen molar-refractivity contribution in [2.45, 2.75) is 136 Å². The molecule has 0 fully saturated rings. The fourth-order valence-corrected chi connectivity index (χ4v) is 4.91. The number of carbonyl (C=O) groups excluding carboxylic acids is 2. The summed E-state index contributed by atoms with van der Waals surface area (Å²) in [4.78, 5) is 33.9. The summed E-state index contributed by atoms with van der Waals surface area (Å²) in [5.74, 6) is -0.903. The van der Waals surface area contributed by atoms with Crippen molar-refractivity contribution in [3.8, 4) is 0 Å².